The summed E-state index contributed by atoms with van der Waals surface area (Å²) in [5.41, 5.74) is 3.95. The molecule has 0 amide bonds. The predicted molar refractivity (Wildman–Crippen MR) is 91.7 cm³/mol. The Balaban J connectivity index is 1.64. The van der Waals surface area contributed by atoms with Gasteiger partial charge in [-0.2, -0.15) is 0 Å². The van der Waals surface area contributed by atoms with Crippen molar-refractivity contribution >= 4 is 16.3 Å². The van der Waals surface area contributed by atoms with Gasteiger partial charge < -0.3 is 4.74 Å². The molecular weight excluding hydrogens is 268 g/mol. The van der Waals surface area contributed by atoms with Crippen molar-refractivity contribution in [2.24, 2.45) is 0 Å². The molecule has 1 atom stereocenters. The smallest absolute Gasteiger partial charge is 0.0869 e. The summed E-state index contributed by atoms with van der Waals surface area (Å²) in [6.45, 7) is 0.682. The zero-order valence-electron chi connectivity index (χ0n) is 12.4. The number of fused-ring (bicyclic) bond motifs is 1. The molecule has 1 nitrogen and oxygen atoms in total. The Morgan fingerprint density at radius 2 is 1.55 bits per heavy atom. The lowest BCUT2D eigenvalue weighted by molar-refractivity contribution is 0.0709. The number of hydrogen-bond donors (Lipinski definition) is 0. The molecule has 0 saturated heterocycles. The van der Waals surface area contributed by atoms with Crippen LogP contribution in [-0.4, -0.2) is 6.61 Å². The highest BCUT2D eigenvalue weighted by Crippen LogP contribution is 2.34. The summed E-state index contributed by atoms with van der Waals surface area (Å²) in [4.78, 5) is 0. The third kappa shape index (κ3) is 2.56. The number of ether oxygens (including phenoxy) is 1. The first-order valence-corrected chi connectivity index (χ1v) is 7.75. The zero-order valence-corrected chi connectivity index (χ0v) is 12.4. The van der Waals surface area contributed by atoms with E-state index in [-0.39, 0.29) is 6.10 Å². The van der Waals surface area contributed by atoms with Gasteiger partial charge in [-0.3, -0.25) is 0 Å². The summed E-state index contributed by atoms with van der Waals surface area (Å²) < 4.78 is 5.99. The molecule has 0 N–H and O–H groups in total. The van der Waals surface area contributed by atoms with E-state index in [0.717, 1.165) is 6.42 Å². The third-order valence-electron chi connectivity index (χ3n) is 4.32. The van der Waals surface area contributed by atoms with Crippen LogP contribution in [0.2, 0.25) is 0 Å². The molecule has 3 aromatic carbocycles. The van der Waals surface area contributed by atoms with Gasteiger partial charge in [-0.15, -0.1) is 0 Å². The largest absolute Gasteiger partial charge is 0.369 e. The minimum Gasteiger partial charge on any atom is -0.369 e. The molecule has 22 heavy (non-hydrogen) atoms. The second kappa shape index (κ2) is 5.78. The van der Waals surface area contributed by atoms with Crippen LogP contribution in [0.25, 0.3) is 16.3 Å². The Kier molecular flexibility index (Phi) is 3.49. The van der Waals surface area contributed by atoms with E-state index >= 15 is 0 Å². The van der Waals surface area contributed by atoms with E-state index in [0.29, 0.717) is 6.61 Å². The van der Waals surface area contributed by atoms with Crippen molar-refractivity contribution in [3.8, 4) is 0 Å². The fraction of sp³-hybridized carbons (Fsp3) is 0.143. The van der Waals surface area contributed by atoms with Crippen LogP contribution in [0.4, 0.5) is 0 Å². The van der Waals surface area contributed by atoms with Crippen molar-refractivity contribution in [3.63, 3.8) is 0 Å². The van der Waals surface area contributed by atoms with Gasteiger partial charge in [0.05, 0.1) is 12.7 Å². The van der Waals surface area contributed by atoms with Crippen molar-refractivity contribution in [1.29, 1.82) is 0 Å². The van der Waals surface area contributed by atoms with Gasteiger partial charge in [0.15, 0.2) is 0 Å². The van der Waals surface area contributed by atoms with Crippen LogP contribution in [-0.2, 0) is 4.74 Å². The molecule has 0 unspecified atom stereocenters. The van der Waals surface area contributed by atoms with Crippen molar-refractivity contribution in [2.45, 2.75) is 12.5 Å². The molecule has 4 rings (SSSR count). The van der Waals surface area contributed by atoms with Crippen molar-refractivity contribution < 1.29 is 4.74 Å². The van der Waals surface area contributed by atoms with Gasteiger partial charge >= 0.3 is 0 Å². The molecule has 1 heteroatoms. The second-order valence-electron chi connectivity index (χ2n) is 5.73. The van der Waals surface area contributed by atoms with E-state index in [4.69, 9.17) is 4.74 Å². The Hall–Kier alpha value is -2.38. The SMILES string of the molecule is C1=C(c2ccccc2)C[C@H](c2ccc3ccccc3c2)OC1. The van der Waals surface area contributed by atoms with E-state index in [2.05, 4.69) is 78.9 Å². The predicted octanol–water partition coefficient (Wildman–Crippen LogP) is 5.38. The summed E-state index contributed by atoms with van der Waals surface area (Å²) in [6.07, 6.45) is 3.28. The molecule has 1 aliphatic rings. The number of benzene rings is 3. The van der Waals surface area contributed by atoms with Crippen LogP contribution in [0.15, 0.2) is 78.9 Å². The lowest BCUT2D eigenvalue weighted by Crippen LogP contribution is -2.11. The quantitative estimate of drug-likeness (QED) is 0.614. The van der Waals surface area contributed by atoms with Gasteiger partial charge in [0.25, 0.3) is 0 Å². The fourth-order valence-electron chi connectivity index (χ4n) is 3.12. The van der Waals surface area contributed by atoms with E-state index in [9.17, 15) is 0 Å². The van der Waals surface area contributed by atoms with E-state index in [1.54, 1.807) is 0 Å². The Bertz CT molecular complexity index is 817. The van der Waals surface area contributed by atoms with Gasteiger partial charge in [-0.05, 0) is 33.5 Å². The first kappa shape index (κ1) is 13.3. The average molecular weight is 286 g/mol. The van der Waals surface area contributed by atoms with Crippen LogP contribution in [0.5, 0.6) is 0 Å². The maximum Gasteiger partial charge on any atom is 0.0869 e. The van der Waals surface area contributed by atoms with Gasteiger partial charge in [0.1, 0.15) is 0 Å². The summed E-state index contributed by atoms with van der Waals surface area (Å²) in [5, 5.41) is 2.56. The monoisotopic (exact) mass is 286 g/mol. The molecule has 108 valence electrons. The topological polar surface area (TPSA) is 9.23 Å². The van der Waals surface area contributed by atoms with Crippen molar-refractivity contribution in [3.05, 3.63) is 90.0 Å². The fourth-order valence-corrected chi connectivity index (χ4v) is 3.12. The van der Waals surface area contributed by atoms with Gasteiger partial charge in [0, 0.05) is 6.42 Å². The Morgan fingerprint density at radius 1 is 0.773 bits per heavy atom. The van der Waals surface area contributed by atoms with E-state index < -0.39 is 0 Å². The normalized spacial score (nSPS) is 18.2. The summed E-state index contributed by atoms with van der Waals surface area (Å²) in [6, 6.07) is 25.7. The summed E-state index contributed by atoms with van der Waals surface area (Å²) in [7, 11) is 0. The van der Waals surface area contributed by atoms with Crippen molar-refractivity contribution in [2.75, 3.05) is 6.61 Å². The van der Waals surface area contributed by atoms with Crippen LogP contribution in [0.1, 0.15) is 23.7 Å². The molecule has 0 aromatic heterocycles. The van der Waals surface area contributed by atoms with Gasteiger partial charge in [-0.25, -0.2) is 0 Å². The average Bonchev–Trinajstić information content (AvgIpc) is 2.62. The minimum atomic E-state index is 0.143. The first-order chi connectivity index (χ1) is 10.9. The zero-order chi connectivity index (χ0) is 14.8. The Morgan fingerprint density at radius 3 is 2.41 bits per heavy atom. The molecular formula is C21H18O. The first-order valence-electron chi connectivity index (χ1n) is 7.75. The van der Waals surface area contributed by atoms with Crippen LogP contribution >= 0.6 is 0 Å². The van der Waals surface area contributed by atoms with E-state index in [1.165, 1.54) is 27.5 Å². The molecule has 0 bridgehead atoms. The molecule has 0 saturated carbocycles. The van der Waals surface area contributed by atoms with Crippen molar-refractivity contribution in [1.82, 2.24) is 0 Å². The maximum absolute atomic E-state index is 5.99. The molecule has 0 spiro atoms. The summed E-state index contributed by atoms with van der Waals surface area (Å²) in [5.74, 6) is 0. The lowest BCUT2D eigenvalue weighted by Gasteiger charge is -2.24. The highest BCUT2D eigenvalue weighted by molar-refractivity contribution is 5.83. The highest BCUT2D eigenvalue weighted by atomic mass is 16.5. The molecule has 0 fully saturated rings. The number of hydrogen-bond acceptors (Lipinski definition) is 1. The maximum atomic E-state index is 5.99. The number of rotatable bonds is 2. The van der Waals surface area contributed by atoms with Crippen LogP contribution < -0.4 is 0 Å². The van der Waals surface area contributed by atoms with Gasteiger partial charge in [0.2, 0.25) is 0 Å². The van der Waals surface area contributed by atoms with E-state index in [1.807, 2.05) is 0 Å². The van der Waals surface area contributed by atoms with Gasteiger partial charge in [-0.1, -0.05) is 72.8 Å². The minimum absolute atomic E-state index is 0.143. The lowest BCUT2D eigenvalue weighted by atomic mass is 9.93. The second-order valence-corrected chi connectivity index (χ2v) is 5.73. The summed E-state index contributed by atoms with van der Waals surface area (Å²) >= 11 is 0. The Labute approximate surface area is 130 Å². The molecule has 1 heterocycles. The molecule has 1 aliphatic heterocycles. The highest BCUT2D eigenvalue weighted by Gasteiger charge is 2.19. The molecule has 0 radical (unpaired) electrons. The van der Waals surface area contributed by atoms with Crippen LogP contribution in [0, 0.1) is 0 Å². The molecule has 3 aromatic rings. The molecule has 0 aliphatic carbocycles. The third-order valence-corrected chi connectivity index (χ3v) is 4.32. The standard InChI is InChI=1S/C21H18O/c1-2-6-16(7-3-1)19-12-13-22-21(15-19)20-11-10-17-8-4-5-9-18(17)14-20/h1-12,14,21H,13,15H2/t21-/m1/s1. The van der Waals surface area contributed by atoms with Crippen LogP contribution in [0.3, 0.4) is 0 Å².